The quantitative estimate of drug-likeness (QED) is 0.760. The van der Waals surface area contributed by atoms with E-state index in [1.165, 1.54) is 52.0 Å². The van der Waals surface area contributed by atoms with E-state index in [0.29, 0.717) is 0 Å². The lowest BCUT2D eigenvalue weighted by Gasteiger charge is -2.32. The van der Waals surface area contributed by atoms with Crippen LogP contribution in [0.25, 0.3) is 0 Å². The minimum absolute atomic E-state index is 0. The second-order valence-electron chi connectivity index (χ2n) is 4.87. The summed E-state index contributed by atoms with van der Waals surface area (Å²) in [5.41, 5.74) is 0. The van der Waals surface area contributed by atoms with E-state index >= 15 is 0 Å². The molecule has 2 aliphatic rings. The SMILES string of the molecule is C[C@H]1CCCN(CC2CCNC2)C1.Cl. The number of nitrogens with zero attached hydrogens (tertiary/aromatic N) is 1. The molecule has 2 aliphatic heterocycles. The van der Waals surface area contributed by atoms with Crippen LogP contribution in [0, 0.1) is 11.8 Å². The fourth-order valence-electron chi connectivity index (χ4n) is 2.69. The highest BCUT2D eigenvalue weighted by molar-refractivity contribution is 5.85. The fourth-order valence-corrected chi connectivity index (χ4v) is 2.69. The maximum absolute atomic E-state index is 3.45. The molecule has 2 rings (SSSR count). The van der Waals surface area contributed by atoms with Crippen LogP contribution in [0.1, 0.15) is 26.2 Å². The van der Waals surface area contributed by atoms with Crippen LogP contribution >= 0.6 is 12.4 Å². The summed E-state index contributed by atoms with van der Waals surface area (Å²) in [4.78, 5) is 2.67. The molecule has 84 valence electrons. The smallest absolute Gasteiger partial charge is 0.00224 e. The van der Waals surface area contributed by atoms with Gasteiger partial charge in [-0.15, -0.1) is 12.4 Å². The van der Waals surface area contributed by atoms with E-state index in [0.717, 1.165) is 11.8 Å². The van der Waals surface area contributed by atoms with Gasteiger partial charge in [-0.1, -0.05) is 6.92 Å². The molecule has 0 aromatic heterocycles. The van der Waals surface area contributed by atoms with Crippen molar-refractivity contribution in [3.8, 4) is 0 Å². The van der Waals surface area contributed by atoms with Crippen LogP contribution in [0.2, 0.25) is 0 Å². The lowest BCUT2D eigenvalue weighted by Crippen LogP contribution is -2.38. The second-order valence-corrected chi connectivity index (χ2v) is 4.87. The van der Waals surface area contributed by atoms with E-state index in [1.54, 1.807) is 0 Å². The summed E-state index contributed by atoms with van der Waals surface area (Å²) >= 11 is 0. The molecule has 14 heavy (non-hydrogen) atoms. The maximum Gasteiger partial charge on any atom is 0.00224 e. The maximum atomic E-state index is 3.45. The average molecular weight is 219 g/mol. The molecule has 0 amide bonds. The highest BCUT2D eigenvalue weighted by Gasteiger charge is 2.21. The van der Waals surface area contributed by atoms with Crippen molar-refractivity contribution >= 4 is 12.4 Å². The first-order valence-corrected chi connectivity index (χ1v) is 5.77. The second kappa shape index (κ2) is 5.94. The van der Waals surface area contributed by atoms with Crippen LogP contribution in [0.15, 0.2) is 0 Å². The molecule has 0 spiro atoms. The first-order chi connectivity index (χ1) is 6.34. The summed E-state index contributed by atoms with van der Waals surface area (Å²) in [6, 6.07) is 0. The Kier molecular flexibility index (Phi) is 5.21. The van der Waals surface area contributed by atoms with Crippen LogP contribution in [-0.2, 0) is 0 Å². The van der Waals surface area contributed by atoms with Crippen LogP contribution < -0.4 is 5.32 Å². The van der Waals surface area contributed by atoms with E-state index in [9.17, 15) is 0 Å². The first-order valence-electron chi connectivity index (χ1n) is 5.77. The monoisotopic (exact) mass is 218 g/mol. The fraction of sp³-hybridized carbons (Fsp3) is 1.00. The highest BCUT2D eigenvalue weighted by atomic mass is 35.5. The Morgan fingerprint density at radius 3 is 2.86 bits per heavy atom. The molecule has 2 fully saturated rings. The Morgan fingerprint density at radius 2 is 2.21 bits per heavy atom. The third kappa shape index (κ3) is 3.41. The lowest BCUT2D eigenvalue weighted by atomic mass is 9.98. The normalized spacial score (nSPS) is 34.1. The van der Waals surface area contributed by atoms with Crippen LogP contribution in [-0.4, -0.2) is 37.6 Å². The van der Waals surface area contributed by atoms with E-state index in [-0.39, 0.29) is 12.4 Å². The van der Waals surface area contributed by atoms with Crippen molar-refractivity contribution in [2.24, 2.45) is 11.8 Å². The van der Waals surface area contributed by atoms with Crippen molar-refractivity contribution in [1.29, 1.82) is 0 Å². The van der Waals surface area contributed by atoms with Gasteiger partial charge in [-0.25, -0.2) is 0 Å². The first kappa shape index (κ1) is 12.3. The minimum Gasteiger partial charge on any atom is -0.316 e. The molecule has 2 heterocycles. The van der Waals surface area contributed by atoms with Crippen molar-refractivity contribution in [2.75, 3.05) is 32.7 Å². The van der Waals surface area contributed by atoms with E-state index in [1.807, 2.05) is 0 Å². The standard InChI is InChI=1S/C11H22N2.ClH/c1-10-3-2-6-13(8-10)9-11-4-5-12-7-11;/h10-12H,2-9H2,1H3;1H/t10-,11?;/m0./s1. The molecule has 0 saturated carbocycles. The molecule has 2 nitrogen and oxygen atoms in total. The number of nitrogens with one attached hydrogen (secondary N) is 1. The molecule has 3 heteroatoms. The largest absolute Gasteiger partial charge is 0.316 e. The Morgan fingerprint density at radius 1 is 1.36 bits per heavy atom. The molecule has 2 saturated heterocycles. The minimum atomic E-state index is 0. The Bertz CT molecular complexity index is 157. The van der Waals surface area contributed by atoms with Gasteiger partial charge in [0.25, 0.3) is 0 Å². The zero-order chi connectivity index (χ0) is 9.10. The third-order valence-corrected chi connectivity index (χ3v) is 3.42. The van der Waals surface area contributed by atoms with E-state index < -0.39 is 0 Å². The van der Waals surface area contributed by atoms with Gasteiger partial charge in [-0.2, -0.15) is 0 Å². The number of hydrogen-bond donors (Lipinski definition) is 1. The van der Waals surface area contributed by atoms with Gasteiger partial charge in [0.15, 0.2) is 0 Å². The summed E-state index contributed by atoms with van der Waals surface area (Å²) in [5, 5.41) is 3.45. The molecule has 0 bridgehead atoms. The number of halogens is 1. The zero-order valence-corrected chi connectivity index (χ0v) is 9.98. The predicted molar refractivity (Wildman–Crippen MR) is 63.1 cm³/mol. The predicted octanol–water partition coefficient (Wildman–Crippen LogP) is 1.75. The Balaban J connectivity index is 0.000000980. The van der Waals surface area contributed by atoms with E-state index in [2.05, 4.69) is 17.1 Å². The Hall–Kier alpha value is 0.210. The molecule has 1 N–H and O–H groups in total. The van der Waals surface area contributed by atoms with Gasteiger partial charge in [-0.05, 0) is 50.7 Å². The van der Waals surface area contributed by atoms with Crippen LogP contribution in [0.4, 0.5) is 0 Å². The zero-order valence-electron chi connectivity index (χ0n) is 9.17. The molecule has 0 aromatic rings. The van der Waals surface area contributed by atoms with Gasteiger partial charge in [-0.3, -0.25) is 0 Å². The summed E-state index contributed by atoms with van der Waals surface area (Å²) in [5.74, 6) is 1.87. The van der Waals surface area contributed by atoms with Gasteiger partial charge in [0, 0.05) is 13.1 Å². The van der Waals surface area contributed by atoms with Crippen molar-refractivity contribution < 1.29 is 0 Å². The highest BCUT2D eigenvalue weighted by Crippen LogP contribution is 2.18. The molecule has 0 aromatic carbocycles. The lowest BCUT2D eigenvalue weighted by molar-refractivity contribution is 0.163. The third-order valence-electron chi connectivity index (χ3n) is 3.42. The molecular weight excluding hydrogens is 196 g/mol. The number of rotatable bonds is 2. The van der Waals surface area contributed by atoms with Gasteiger partial charge >= 0.3 is 0 Å². The number of hydrogen-bond acceptors (Lipinski definition) is 2. The van der Waals surface area contributed by atoms with Crippen molar-refractivity contribution in [1.82, 2.24) is 10.2 Å². The molecule has 0 aliphatic carbocycles. The van der Waals surface area contributed by atoms with Gasteiger partial charge < -0.3 is 10.2 Å². The molecule has 1 unspecified atom stereocenters. The van der Waals surface area contributed by atoms with E-state index in [4.69, 9.17) is 0 Å². The molecule has 0 radical (unpaired) electrons. The van der Waals surface area contributed by atoms with Gasteiger partial charge in [0.1, 0.15) is 0 Å². The van der Waals surface area contributed by atoms with Crippen molar-refractivity contribution in [3.05, 3.63) is 0 Å². The summed E-state index contributed by atoms with van der Waals surface area (Å²) < 4.78 is 0. The number of likely N-dealkylation sites (tertiary alicyclic amines) is 1. The van der Waals surface area contributed by atoms with Crippen LogP contribution in [0.3, 0.4) is 0 Å². The van der Waals surface area contributed by atoms with Crippen molar-refractivity contribution in [2.45, 2.75) is 26.2 Å². The van der Waals surface area contributed by atoms with Crippen molar-refractivity contribution in [3.63, 3.8) is 0 Å². The van der Waals surface area contributed by atoms with Crippen LogP contribution in [0.5, 0.6) is 0 Å². The summed E-state index contributed by atoms with van der Waals surface area (Å²) in [6.45, 7) is 8.92. The van der Waals surface area contributed by atoms with Gasteiger partial charge in [0.2, 0.25) is 0 Å². The molecular formula is C11H23ClN2. The Labute approximate surface area is 93.8 Å². The topological polar surface area (TPSA) is 15.3 Å². The molecule has 2 atom stereocenters. The van der Waals surface area contributed by atoms with Gasteiger partial charge in [0.05, 0.1) is 0 Å². The summed E-state index contributed by atoms with van der Waals surface area (Å²) in [6.07, 6.45) is 4.26. The summed E-state index contributed by atoms with van der Waals surface area (Å²) in [7, 11) is 0. The number of piperidine rings is 1. The average Bonchev–Trinajstić information content (AvgIpc) is 2.57.